The van der Waals surface area contributed by atoms with E-state index in [-0.39, 0.29) is 28.3 Å². The third-order valence-corrected chi connectivity index (χ3v) is 7.97. The van der Waals surface area contributed by atoms with Crippen LogP contribution in [0.25, 0.3) is 27.4 Å². The minimum absolute atomic E-state index is 0.0226. The second-order valence-electron chi connectivity index (χ2n) is 10.6. The summed E-state index contributed by atoms with van der Waals surface area (Å²) in [5.41, 5.74) is 0.833. The normalized spacial score (nSPS) is 14.7. The van der Waals surface area contributed by atoms with E-state index in [9.17, 15) is 9.59 Å². The maximum Gasteiger partial charge on any atom is 0.259 e. The van der Waals surface area contributed by atoms with Crippen LogP contribution in [0.2, 0.25) is 0 Å². The molecule has 2 aliphatic rings. The standard InChI is InChI=1S/C31H29FN6O3/c1-35-11-13-37(14-12-35)31(40)23-18-38-25-15-20-5-2-3-6-21(20)16-26(25)41-30-27(24(32)17-22(28(30)38)29(23)39)34-7-4-9-36-10-8-33-19-36/h2-3,5-6,8,10,15-19,34H,4,7,9,11-14H2,1H3. The van der Waals surface area contributed by atoms with Crippen molar-refractivity contribution in [2.24, 2.45) is 0 Å². The number of nitrogens with zero attached hydrogens (tertiary/aromatic N) is 5. The maximum absolute atomic E-state index is 15.8. The highest BCUT2D eigenvalue weighted by atomic mass is 19.1. The van der Waals surface area contributed by atoms with Crippen molar-refractivity contribution in [1.82, 2.24) is 23.9 Å². The molecule has 10 heteroatoms. The monoisotopic (exact) mass is 552 g/mol. The second kappa shape index (κ2) is 10.0. The van der Waals surface area contributed by atoms with Crippen LogP contribution in [0.3, 0.4) is 0 Å². The van der Waals surface area contributed by atoms with Gasteiger partial charge < -0.3 is 29.0 Å². The first-order chi connectivity index (χ1) is 20.0. The summed E-state index contributed by atoms with van der Waals surface area (Å²) in [5.74, 6) is -0.189. The number of anilines is 1. The van der Waals surface area contributed by atoms with Crippen LogP contribution in [0.4, 0.5) is 10.1 Å². The van der Waals surface area contributed by atoms with Gasteiger partial charge in [0.25, 0.3) is 5.91 Å². The largest absolute Gasteiger partial charge is 0.451 e. The number of hydrogen-bond donors (Lipinski definition) is 1. The number of nitrogens with one attached hydrogen (secondary N) is 1. The average molecular weight is 553 g/mol. The number of aromatic nitrogens is 3. The summed E-state index contributed by atoms with van der Waals surface area (Å²) in [7, 11) is 2.01. The van der Waals surface area contributed by atoms with E-state index in [0.717, 1.165) is 36.8 Å². The molecule has 1 saturated heterocycles. The lowest BCUT2D eigenvalue weighted by Crippen LogP contribution is -2.48. The summed E-state index contributed by atoms with van der Waals surface area (Å²) < 4.78 is 25.9. The summed E-state index contributed by atoms with van der Waals surface area (Å²) in [6.45, 7) is 3.70. The molecular formula is C31H29FN6O3. The summed E-state index contributed by atoms with van der Waals surface area (Å²) in [6, 6.07) is 13.0. The van der Waals surface area contributed by atoms with Gasteiger partial charge in [0.15, 0.2) is 17.3 Å². The number of aryl methyl sites for hydroxylation is 1. The smallest absolute Gasteiger partial charge is 0.259 e. The summed E-state index contributed by atoms with van der Waals surface area (Å²) in [4.78, 5) is 35.3. The number of benzene rings is 3. The topological polar surface area (TPSA) is 84.6 Å². The molecule has 1 fully saturated rings. The van der Waals surface area contributed by atoms with E-state index in [2.05, 4.69) is 15.2 Å². The zero-order chi connectivity index (χ0) is 28.1. The minimum atomic E-state index is -0.604. The first kappa shape index (κ1) is 25.3. The van der Waals surface area contributed by atoms with Crippen molar-refractivity contribution < 1.29 is 13.9 Å². The van der Waals surface area contributed by atoms with Crippen molar-refractivity contribution in [2.45, 2.75) is 13.0 Å². The van der Waals surface area contributed by atoms with Crippen molar-refractivity contribution in [2.75, 3.05) is 45.1 Å². The van der Waals surface area contributed by atoms with Crippen LogP contribution in [0.1, 0.15) is 16.8 Å². The van der Waals surface area contributed by atoms with Crippen LogP contribution in [0, 0.1) is 5.82 Å². The van der Waals surface area contributed by atoms with Crippen molar-refractivity contribution in [1.29, 1.82) is 0 Å². The van der Waals surface area contributed by atoms with E-state index in [1.807, 2.05) is 58.8 Å². The number of imidazole rings is 1. The van der Waals surface area contributed by atoms with Crippen molar-refractivity contribution in [3.05, 3.63) is 89.0 Å². The quantitative estimate of drug-likeness (QED) is 0.307. The Morgan fingerprint density at radius 1 is 1.10 bits per heavy atom. The first-order valence-electron chi connectivity index (χ1n) is 13.8. The third-order valence-electron chi connectivity index (χ3n) is 7.97. The number of rotatable bonds is 6. The van der Waals surface area contributed by atoms with Crippen LogP contribution in [0.15, 0.2) is 72.2 Å². The van der Waals surface area contributed by atoms with Gasteiger partial charge in [-0.1, -0.05) is 24.3 Å². The molecule has 2 aliphatic heterocycles. The molecule has 0 radical (unpaired) electrons. The van der Waals surface area contributed by atoms with Crippen molar-refractivity contribution in [3.63, 3.8) is 0 Å². The molecule has 208 valence electrons. The van der Waals surface area contributed by atoms with Crippen LogP contribution >= 0.6 is 0 Å². The molecule has 0 spiro atoms. The van der Waals surface area contributed by atoms with Gasteiger partial charge in [-0.3, -0.25) is 9.59 Å². The Labute approximate surface area is 235 Å². The van der Waals surface area contributed by atoms with Crippen molar-refractivity contribution >= 4 is 33.3 Å². The van der Waals surface area contributed by atoms with E-state index in [0.29, 0.717) is 36.6 Å². The number of carbonyl (C=O) groups excluding carboxylic acids is 1. The highest BCUT2D eigenvalue weighted by molar-refractivity contribution is 6.02. The molecule has 9 nitrogen and oxygen atoms in total. The molecule has 1 N–H and O–H groups in total. The van der Waals surface area contributed by atoms with Gasteiger partial charge >= 0.3 is 0 Å². The number of hydrogen-bond acceptors (Lipinski definition) is 6. The van der Waals surface area contributed by atoms with Gasteiger partial charge in [0, 0.05) is 57.9 Å². The highest BCUT2D eigenvalue weighted by Gasteiger charge is 2.30. The van der Waals surface area contributed by atoms with Gasteiger partial charge in [0.05, 0.1) is 17.4 Å². The number of pyridine rings is 1. The van der Waals surface area contributed by atoms with E-state index in [1.54, 1.807) is 23.6 Å². The minimum Gasteiger partial charge on any atom is -0.451 e. The fourth-order valence-electron chi connectivity index (χ4n) is 5.69. The zero-order valence-electron chi connectivity index (χ0n) is 22.6. The van der Waals surface area contributed by atoms with Crippen LogP contribution in [0.5, 0.6) is 11.5 Å². The first-order valence-corrected chi connectivity index (χ1v) is 13.8. The lowest BCUT2D eigenvalue weighted by molar-refractivity contribution is 0.0662. The Morgan fingerprint density at radius 3 is 2.63 bits per heavy atom. The SMILES string of the molecule is CN1CCN(C(=O)c2cn3c4c(c(NCCCn5ccnc5)c(F)cc4c2=O)Oc2cc4ccccc4cc2-3)CC1. The molecule has 0 atom stereocenters. The molecule has 5 aromatic rings. The zero-order valence-corrected chi connectivity index (χ0v) is 22.6. The Morgan fingerprint density at radius 2 is 1.88 bits per heavy atom. The number of ether oxygens (including phenoxy) is 1. The highest BCUT2D eigenvalue weighted by Crippen LogP contribution is 2.46. The summed E-state index contributed by atoms with van der Waals surface area (Å²) in [6.07, 6.45) is 7.66. The predicted molar refractivity (Wildman–Crippen MR) is 156 cm³/mol. The summed E-state index contributed by atoms with van der Waals surface area (Å²) >= 11 is 0. The Bertz CT molecular complexity index is 1860. The van der Waals surface area contributed by atoms with Gasteiger partial charge in [0.1, 0.15) is 16.8 Å². The third kappa shape index (κ3) is 4.40. The molecular weight excluding hydrogens is 523 g/mol. The predicted octanol–water partition coefficient (Wildman–Crippen LogP) is 4.48. The van der Waals surface area contributed by atoms with Crippen LogP contribution in [-0.2, 0) is 6.54 Å². The van der Waals surface area contributed by atoms with Gasteiger partial charge in [-0.15, -0.1) is 0 Å². The molecule has 2 aromatic heterocycles. The lowest BCUT2D eigenvalue weighted by atomic mass is 10.0. The van der Waals surface area contributed by atoms with Gasteiger partial charge in [0.2, 0.25) is 5.43 Å². The molecule has 0 bridgehead atoms. The molecule has 4 heterocycles. The van der Waals surface area contributed by atoms with E-state index < -0.39 is 11.2 Å². The Balaban J connectivity index is 1.36. The molecule has 41 heavy (non-hydrogen) atoms. The molecule has 1 amide bonds. The van der Waals surface area contributed by atoms with Crippen LogP contribution in [-0.4, -0.2) is 69.6 Å². The number of fused-ring (bicyclic) bond motifs is 3. The van der Waals surface area contributed by atoms with E-state index in [1.165, 1.54) is 6.07 Å². The Kier molecular flexibility index (Phi) is 6.19. The molecule has 0 unspecified atom stereocenters. The van der Waals surface area contributed by atoms with Gasteiger partial charge in [-0.05, 0) is 42.4 Å². The van der Waals surface area contributed by atoms with E-state index >= 15 is 4.39 Å². The number of carbonyl (C=O) groups is 1. The Hall–Kier alpha value is -4.70. The fourth-order valence-corrected chi connectivity index (χ4v) is 5.69. The summed E-state index contributed by atoms with van der Waals surface area (Å²) in [5, 5.41) is 5.26. The lowest BCUT2D eigenvalue weighted by Gasteiger charge is -2.32. The van der Waals surface area contributed by atoms with Gasteiger partial charge in [-0.2, -0.15) is 0 Å². The second-order valence-corrected chi connectivity index (χ2v) is 10.6. The molecule has 7 rings (SSSR count). The van der Waals surface area contributed by atoms with Crippen LogP contribution < -0.4 is 15.5 Å². The fraction of sp³-hybridized carbons (Fsp3) is 0.258. The molecule has 0 saturated carbocycles. The number of amides is 1. The van der Waals surface area contributed by atoms with Crippen molar-refractivity contribution in [3.8, 4) is 17.2 Å². The number of halogens is 1. The average Bonchev–Trinajstić information content (AvgIpc) is 3.50. The number of piperazine rings is 1. The molecule has 0 aliphatic carbocycles. The van der Waals surface area contributed by atoms with E-state index in [4.69, 9.17) is 4.74 Å². The number of likely N-dealkylation sites (N-methyl/N-ethyl adjacent to an activating group) is 1. The maximum atomic E-state index is 15.8. The van der Waals surface area contributed by atoms with Gasteiger partial charge in [-0.25, -0.2) is 9.37 Å². The molecule has 3 aromatic carbocycles.